The Labute approximate surface area is 150 Å². The van der Waals surface area contributed by atoms with Crippen LogP contribution in [0.2, 0.25) is 0 Å². The first kappa shape index (κ1) is 16.6. The van der Waals surface area contributed by atoms with Crippen LogP contribution in [0.3, 0.4) is 0 Å². The van der Waals surface area contributed by atoms with E-state index >= 15 is 0 Å². The molecule has 5 heteroatoms. The summed E-state index contributed by atoms with van der Waals surface area (Å²) in [6.07, 6.45) is 7.73. The highest BCUT2D eigenvalue weighted by Gasteiger charge is 2.25. The molecule has 1 aromatic heterocycles. The maximum absolute atomic E-state index is 4.77. The second-order valence-corrected chi connectivity index (χ2v) is 7.83. The molecule has 1 heterocycles. The van der Waals surface area contributed by atoms with Crippen molar-refractivity contribution in [3.05, 3.63) is 24.3 Å². The molecule has 25 heavy (non-hydrogen) atoms. The van der Waals surface area contributed by atoms with Crippen molar-refractivity contribution in [1.82, 2.24) is 15.3 Å². The van der Waals surface area contributed by atoms with Gasteiger partial charge >= 0.3 is 0 Å². The van der Waals surface area contributed by atoms with E-state index in [-0.39, 0.29) is 0 Å². The minimum absolute atomic E-state index is 0.482. The van der Waals surface area contributed by atoms with E-state index < -0.39 is 0 Å². The molecule has 4 rings (SSSR count). The van der Waals surface area contributed by atoms with Gasteiger partial charge in [-0.3, -0.25) is 0 Å². The Morgan fingerprint density at radius 3 is 2.40 bits per heavy atom. The lowest BCUT2D eigenvalue weighted by molar-refractivity contribution is 0.350. The van der Waals surface area contributed by atoms with Crippen molar-refractivity contribution in [3.63, 3.8) is 0 Å². The van der Waals surface area contributed by atoms with Gasteiger partial charge in [0.1, 0.15) is 5.82 Å². The third-order valence-electron chi connectivity index (χ3n) is 5.46. The summed E-state index contributed by atoms with van der Waals surface area (Å²) in [5, 5.41) is 8.44. The average molecular weight is 339 g/mol. The summed E-state index contributed by atoms with van der Waals surface area (Å²) in [5.74, 6) is 2.70. The Hall–Kier alpha value is -1.88. The van der Waals surface area contributed by atoms with E-state index in [0.29, 0.717) is 12.1 Å². The second-order valence-electron chi connectivity index (χ2n) is 7.83. The average Bonchev–Trinajstić information content (AvgIpc) is 3.45. The third kappa shape index (κ3) is 4.03. The maximum Gasteiger partial charge on any atom is 0.225 e. The molecule has 0 atom stereocenters. The van der Waals surface area contributed by atoms with Crippen LogP contribution in [0, 0.1) is 5.92 Å². The molecular weight excluding hydrogens is 310 g/mol. The highest BCUT2D eigenvalue weighted by atomic mass is 15.2. The number of benzene rings is 1. The van der Waals surface area contributed by atoms with Gasteiger partial charge in [0.25, 0.3) is 0 Å². The lowest BCUT2D eigenvalue weighted by Crippen LogP contribution is -2.38. The zero-order chi connectivity index (χ0) is 17.2. The van der Waals surface area contributed by atoms with Crippen LogP contribution < -0.4 is 15.5 Å². The van der Waals surface area contributed by atoms with Gasteiger partial charge in [-0.15, -0.1) is 0 Å². The number of para-hydroxylation sites is 1. The van der Waals surface area contributed by atoms with Crippen LogP contribution in [-0.4, -0.2) is 42.7 Å². The quantitative estimate of drug-likeness (QED) is 0.844. The molecule has 0 aliphatic heterocycles. The van der Waals surface area contributed by atoms with Crippen molar-refractivity contribution < 1.29 is 0 Å². The fourth-order valence-corrected chi connectivity index (χ4v) is 3.75. The number of nitrogens with one attached hydrogen (secondary N) is 2. The zero-order valence-corrected chi connectivity index (χ0v) is 15.3. The maximum atomic E-state index is 4.77. The van der Waals surface area contributed by atoms with Gasteiger partial charge in [0.15, 0.2) is 0 Å². The molecule has 134 valence electrons. The molecule has 2 aliphatic carbocycles. The van der Waals surface area contributed by atoms with Gasteiger partial charge in [-0.2, -0.15) is 4.98 Å². The normalized spacial score (nSPS) is 23.6. The van der Waals surface area contributed by atoms with Crippen molar-refractivity contribution in [1.29, 1.82) is 0 Å². The summed E-state index contributed by atoms with van der Waals surface area (Å²) in [7, 11) is 4.07. The van der Waals surface area contributed by atoms with E-state index in [0.717, 1.165) is 28.6 Å². The van der Waals surface area contributed by atoms with Crippen LogP contribution >= 0.6 is 0 Å². The predicted octanol–water partition coefficient (Wildman–Crippen LogP) is 3.42. The van der Waals surface area contributed by atoms with Crippen LogP contribution in [-0.2, 0) is 0 Å². The molecule has 0 amide bonds. The standard InChI is InChI=1S/C20H29N5/c1-25(2)19-17-5-3-4-6-18(17)23-20(24-19)22-16-11-9-15(10-12-16)21-13-14-7-8-14/h3-6,14-16,21H,7-13H2,1-2H3,(H,22,23,24)/t15-,16+. The summed E-state index contributed by atoms with van der Waals surface area (Å²) in [5.41, 5.74) is 1.00. The summed E-state index contributed by atoms with van der Waals surface area (Å²) in [6, 6.07) is 9.42. The molecule has 2 saturated carbocycles. The Morgan fingerprint density at radius 2 is 1.68 bits per heavy atom. The van der Waals surface area contributed by atoms with E-state index in [9.17, 15) is 0 Å². The van der Waals surface area contributed by atoms with Crippen LogP contribution in [0.1, 0.15) is 38.5 Å². The molecule has 0 bridgehead atoms. The SMILES string of the molecule is CN(C)c1nc(N[C@H]2CC[C@@H](NCC3CC3)CC2)nc2ccccc12. The molecule has 0 radical (unpaired) electrons. The Kier molecular flexibility index (Phi) is 4.75. The number of rotatable bonds is 6. The Balaban J connectivity index is 1.40. The molecule has 0 unspecified atom stereocenters. The fraction of sp³-hybridized carbons (Fsp3) is 0.600. The lowest BCUT2D eigenvalue weighted by atomic mass is 9.91. The van der Waals surface area contributed by atoms with Crippen molar-refractivity contribution >= 4 is 22.7 Å². The molecule has 5 nitrogen and oxygen atoms in total. The van der Waals surface area contributed by atoms with E-state index in [1.807, 2.05) is 26.2 Å². The molecular formula is C20H29N5. The van der Waals surface area contributed by atoms with Gasteiger partial charge in [0.2, 0.25) is 5.95 Å². The number of anilines is 2. The molecule has 1 aromatic carbocycles. The van der Waals surface area contributed by atoms with Crippen LogP contribution in [0.4, 0.5) is 11.8 Å². The van der Waals surface area contributed by atoms with Crippen molar-refractivity contribution in [3.8, 4) is 0 Å². The number of aromatic nitrogens is 2. The number of nitrogens with zero attached hydrogens (tertiary/aromatic N) is 3. The van der Waals surface area contributed by atoms with E-state index in [1.54, 1.807) is 0 Å². The van der Waals surface area contributed by atoms with E-state index in [1.165, 1.54) is 45.1 Å². The summed E-state index contributed by atoms with van der Waals surface area (Å²) < 4.78 is 0. The highest BCUT2D eigenvalue weighted by molar-refractivity contribution is 5.90. The van der Waals surface area contributed by atoms with Gasteiger partial charge in [-0.1, -0.05) is 12.1 Å². The first-order valence-electron chi connectivity index (χ1n) is 9.63. The monoisotopic (exact) mass is 339 g/mol. The van der Waals surface area contributed by atoms with Crippen LogP contribution in [0.5, 0.6) is 0 Å². The first-order chi connectivity index (χ1) is 12.2. The van der Waals surface area contributed by atoms with Gasteiger partial charge < -0.3 is 15.5 Å². The third-order valence-corrected chi connectivity index (χ3v) is 5.46. The molecule has 2 fully saturated rings. The number of hydrogen-bond donors (Lipinski definition) is 2. The highest BCUT2D eigenvalue weighted by Crippen LogP contribution is 2.29. The molecule has 0 spiro atoms. The smallest absolute Gasteiger partial charge is 0.225 e. The largest absolute Gasteiger partial charge is 0.362 e. The first-order valence-corrected chi connectivity index (χ1v) is 9.63. The molecule has 2 aromatic rings. The summed E-state index contributed by atoms with van der Waals surface area (Å²) in [6.45, 7) is 1.22. The van der Waals surface area contributed by atoms with Gasteiger partial charge in [0, 0.05) is 31.6 Å². The lowest BCUT2D eigenvalue weighted by Gasteiger charge is -2.30. The van der Waals surface area contributed by atoms with E-state index in [4.69, 9.17) is 9.97 Å². The van der Waals surface area contributed by atoms with Crippen molar-refractivity contribution in [2.45, 2.75) is 50.6 Å². The van der Waals surface area contributed by atoms with Crippen LogP contribution in [0.25, 0.3) is 10.9 Å². The Morgan fingerprint density at radius 1 is 0.960 bits per heavy atom. The number of fused-ring (bicyclic) bond motifs is 1. The predicted molar refractivity (Wildman–Crippen MR) is 104 cm³/mol. The topological polar surface area (TPSA) is 53.1 Å². The van der Waals surface area contributed by atoms with Gasteiger partial charge in [-0.05, 0) is 63.1 Å². The molecule has 2 N–H and O–H groups in total. The number of hydrogen-bond acceptors (Lipinski definition) is 5. The minimum atomic E-state index is 0.482. The summed E-state index contributed by atoms with van der Waals surface area (Å²) in [4.78, 5) is 11.6. The summed E-state index contributed by atoms with van der Waals surface area (Å²) >= 11 is 0. The Bertz CT molecular complexity index is 717. The van der Waals surface area contributed by atoms with Gasteiger partial charge in [0.05, 0.1) is 5.52 Å². The van der Waals surface area contributed by atoms with E-state index in [2.05, 4.69) is 27.7 Å². The molecule has 0 saturated heterocycles. The minimum Gasteiger partial charge on any atom is -0.362 e. The fourth-order valence-electron chi connectivity index (χ4n) is 3.75. The second kappa shape index (κ2) is 7.16. The van der Waals surface area contributed by atoms with Gasteiger partial charge in [-0.25, -0.2) is 4.98 Å². The zero-order valence-electron chi connectivity index (χ0n) is 15.3. The van der Waals surface area contributed by atoms with Crippen molar-refractivity contribution in [2.24, 2.45) is 5.92 Å². The van der Waals surface area contributed by atoms with Crippen molar-refractivity contribution in [2.75, 3.05) is 30.9 Å². The van der Waals surface area contributed by atoms with Crippen LogP contribution in [0.15, 0.2) is 24.3 Å². The molecule has 2 aliphatic rings.